The second kappa shape index (κ2) is 5.26. The highest BCUT2D eigenvalue weighted by Gasteiger charge is 2.34. The van der Waals surface area contributed by atoms with Crippen LogP contribution in [0.3, 0.4) is 0 Å². The molecule has 0 radical (unpaired) electrons. The van der Waals surface area contributed by atoms with Crippen LogP contribution in [0.4, 0.5) is 0 Å². The van der Waals surface area contributed by atoms with Crippen molar-refractivity contribution in [3.8, 4) is 0 Å². The van der Waals surface area contributed by atoms with Gasteiger partial charge in [-0.15, -0.1) is 11.3 Å². The molecule has 2 aromatic rings. The molecule has 0 saturated carbocycles. The molecule has 0 bridgehead atoms. The average molecular weight is 304 g/mol. The predicted molar refractivity (Wildman–Crippen MR) is 82.5 cm³/mol. The average Bonchev–Trinajstić information content (AvgIpc) is 3.08. The summed E-state index contributed by atoms with van der Waals surface area (Å²) >= 11 is 1.49. The zero-order chi connectivity index (χ0) is 15.1. The van der Waals surface area contributed by atoms with E-state index in [1.807, 2.05) is 43.5 Å². The van der Waals surface area contributed by atoms with Gasteiger partial charge in [0.25, 0.3) is 5.91 Å². The molecule has 1 aliphatic rings. The van der Waals surface area contributed by atoms with E-state index in [2.05, 4.69) is 9.97 Å². The molecular weight excluding hydrogens is 284 g/mol. The van der Waals surface area contributed by atoms with Gasteiger partial charge in [-0.25, -0.2) is 9.97 Å². The summed E-state index contributed by atoms with van der Waals surface area (Å²) in [5, 5.41) is 0.944. The summed E-state index contributed by atoms with van der Waals surface area (Å²) in [6.07, 6.45) is 4.02. The molecule has 0 aliphatic carbocycles. The standard InChI is InChI=1S/C15H20N4OS/c1-9-8-18(4)14(16-9)12-6-5-7-19(12)15(20)13-10(2)17-11(3)21-13/h8,12H,5-7H2,1-4H3/t12-/m1/s1. The van der Waals surface area contributed by atoms with E-state index < -0.39 is 0 Å². The molecule has 1 atom stereocenters. The number of hydrogen-bond acceptors (Lipinski definition) is 4. The fourth-order valence-electron chi connectivity index (χ4n) is 3.08. The van der Waals surface area contributed by atoms with E-state index in [4.69, 9.17) is 0 Å². The number of carbonyl (C=O) groups excluding carboxylic acids is 1. The first-order valence-corrected chi connectivity index (χ1v) is 8.04. The SMILES string of the molecule is Cc1cn(C)c([C@H]2CCCN2C(=O)c2sc(C)nc2C)n1. The monoisotopic (exact) mass is 304 g/mol. The number of hydrogen-bond donors (Lipinski definition) is 0. The third-order valence-electron chi connectivity index (χ3n) is 3.94. The number of aromatic nitrogens is 3. The van der Waals surface area contributed by atoms with Gasteiger partial charge >= 0.3 is 0 Å². The second-order valence-corrected chi connectivity index (χ2v) is 6.86. The van der Waals surface area contributed by atoms with E-state index in [9.17, 15) is 4.79 Å². The molecule has 5 nitrogen and oxygen atoms in total. The number of aryl methyl sites for hydroxylation is 4. The fraction of sp³-hybridized carbons (Fsp3) is 0.533. The minimum Gasteiger partial charge on any atom is -0.336 e. The van der Waals surface area contributed by atoms with Crippen molar-refractivity contribution in [2.75, 3.05) is 6.54 Å². The van der Waals surface area contributed by atoms with E-state index in [1.165, 1.54) is 11.3 Å². The summed E-state index contributed by atoms with van der Waals surface area (Å²) < 4.78 is 2.04. The zero-order valence-corrected chi connectivity index (χ0v) is 13.7. The van der Waals surface area contributed by atoms with Crippen LogP contribution in [0.25, 0.3) is 0 Å². The maximum atomic E-state index is 12.8. The normalized spacial score (nSPS) is 18.5. The lowest BCUT2D eigenvalue weighted by molar-refractivity contribution is 0.0732. The molecule has 0 aromatic carbocycles. The lowest BCUT2D eigenvalue weighted by Crippen LogP contribution is -2.31. The van der Waals surface area contributed by atoms with Crippen LogP contribution in [-0.2, 0) is 7.05 Å². The molecular formula is C15H20N4OS. The van der Waals surface area contributed by atoms with Crippen molar-refractivity contribution in [3.63, 3.8) is 0 Å². The highest BCUT2D eigenvalue weighted by molar-refractivity contribution is 7.13. The Morgan fingerprint density at radius 3 is 2.67 bits per heavy atom. The van der Waals surface area contributed by atoms with Gasteiger partial charge in [0.1, 0.15) is 10.7 Å². The van der Waals surface area contributed by atoms with Crippen molar-refractivity contribution in [2.45, 2.75) is 39.7 Å². The summed E-state index contributed by atoms with van der Waals surface area (Å²) in [5.74, 6) is 1.08. The third kappa shape index (κ3) is 2.48. The van der Waals surface area contributed by atoms with Gasteiger partial charge in [0.2, 0.25) is 0 Å². The second-order valence-electron chi connectivity index (χ2n) is 5.66. The van der Waals surface area contributed by atoms with E-state index in [0.29, 0.717) is 0 Å². The van der Waals surface area contributed by atoms with Crippen LogP contribution in [0.2, 0.25) is 0 Å². The molecule has 1 fully saturated rings. The van der Waals surface area contributed by atoms with E-state index in [1.54, 1.807) is 0 Å². The van der Waals surface area contributed by atoms with Crippen LogP contribution in [0.15, 0.2) is 6.20 Å². The Morgan fingerprint density at radius 1 is 1.33 bits per heavy atom. The van der Waals surface area contributed by atoms with Gasteiger partial charge in [-0.3, -0.25) is 4.79 Å². The lowest BCUT2D eigenvalue weighted by atomic mass is 10.2. The number of carbonyl (C=O) groups is 1. The first-order valence-electron chi connectivity index (χ1n) is 7.22. The van der Waals surface area contributed by atoms with Crippen molar-refractivity contribution < 1.29 is 4.79 Å². The molecule has 21 heavy (non-hydrogen) atoms. The summed E-state index contributed by atoms with van der Waals surface area (Å²) in [7, 11) is 2.00. The largest absolute Gasteiger partial charge is 0.336 e. The highest BCUT2D eigenvalue weighted by Crippen LogP contribution is 2.33. The van der Waals surface area contributed by atoms with Crippen molar-refractivity contribution >= 4 is 17.2 Å². The first kappa shape index (κ1) is 14.3. The van der Waals surface area contributed by atoms with Crippen molar-refractivity contribution in [1.82, 2.24) is 19.4 Å². The molecule has 0 unspecified atom stereocenters. The van der Waals surface area contributed by atoms with Crippen molar-refractivity contribution in [3.05, 3.63) is 33.3 Å². The van der Waals surface area contributed by atoms with Crippen LogP contribution < -0.4 is 0 Å². The van der Waals surface area contributed by atoms with Gasteiger partial charge in [0.15, 0.2) is 0 Å². The molecule has 112 valence electrons. The Bertz CT molecular complexity index is 688. The maximum Gasteiger partial charge on any atom is 0.266 e. The van der Waals surface area contributed by atoms with Crippen LogP contribution >= 0.6 is 11.3 Å². The summed E-state index contributed by atoms with van der Waals surface area (Å²) in [5.41, 5.74) is 1.83. The molecule has 0 N–H and O–H groups in total. The predicted octanol–water partition coefficient (Wildman–Crippen LogP) is 2.78. The highest BCUT2D eigenvalue weighted by atomic mass is 32.1. The quantitative estimate of drug-likeness (QED) is 0.857. The molecule has 3 rings (SSSR count). The minimum absolute atomic E-state index is 0.0815. The van der Waals surface area contributed by atoms with Gasteiger partial charge in [-0.05, 0) is 33.6 Å². The summed E-state index contributed by atoms with van der Waals surface area (Å²) in [6.45, 7) is 6.64. The fourth-order valence-corrected chi connectivity index (χ4v) is 3.96. The van der Waals surface area contributed by atoms with E-state index >= 15 is 0 Å². The Morgan fingerprint density at radius 2 is 2.10 bits per heavy atom. The van der Waals surface area contributed by atoms with Gasteiger partial charge in [0.05, 0.1) is 22.4 Å². The van der Waals surface area contributed by atoms with Crippen LogP contribution in [-0.4, -0.2) is 31.9 Å². The van der Waals surface area contributed by atoms with E-state index in [-0.39, 0.29) is 11.9 Å². The van der Waals surface area contributed by atoms with E-state index in [0.717, 1.165) is 46.5 Å². The number of nitrogens with zero attached hydrogens (tertiary/aromatic N) is 4. The number of rotatable bonds is 2. The molecule has 3 heterocycles. The van der Waals surface area contributed by atoms with Gasteiger partial charge in [-0.2, -0.15) is 0 Å². The minimum atomic E-state index is 0.0815. The molecule has 0 spiro atoms. The molecule has 1 aliphatic heterocycles. The number of thiazole rings is 1. The van der Waals surface area contributed by atoms with Crippen LogP contribution in [0.5, 0.6) is 0 Å². The number of likely N-dealkylation sites (tertiary alicyclic amines) is 1. The third-order valence-corrected chi connectivity index (χ3v) is 5.00. The Kier molecular flexibility index (Phi) is 3.57. The van der Waals surface area contributed by atoms with Crippen LogP contribution in [0.1, 0.15) is 50.8 Å². The summed E-state index contributed by atoms with van der Waals surface area (Å²) in [4.78, 5) is 24.5. The molecule has 2 aromatic heterocycles. The smallest absolute Gasteiger partial charge is 0.266 e. The van der Waals surface area contributed by atoms with Gasteiger partial charge in [-0.1, -0.05) is 0 Å². The van der Waals surface area contributed by atoms with Gasteiger partial charge < -0.3 is 9.47 Å². The summed E-state index contributed by atoms with van der Waals surface area (Å²) in [6, 6.07) is 0.0815. The van der Waals surface area contributed by atoms with Crippen LogP contribution in [0, 0.1) is 20.8 Å². The Labute approximate surface area is 128 Å². The topological polar surface area (TPSA) is 51.0 Å². The molecule has 6 heteroatoms. The van der Waals surface area contributed by atoms with Gasteiger partial charge in [0, 0.05) is 19.8 Å². The molecule has 1 amide bonds. The zero-order valence-electron chi connectivity index (χ0n) is 12.9. The maximum absolute atomic E-state index is 12.8. The van der Waals surface area contributed by atoms with Crippen molar-refractivity contribution in [2.24, 2.45) is 7.05 Å². The number of amides is 1. The lowest BCUT2D eigenvalue weighted by Gasteiger charge is -2.24. The number of imidazole rings is 1. The molecule has 1 saturated heterocycles. The van der Waals surface area contributed by atoms with Crippen molar-refractivity contribution in [1.29, 1.82) is 0 Å². The Balaban J connectivity index is 1.92. The first-order chi connectivity index (χ1) is 9.97. The Hall–Kier alpha value is -1.69.